The Labute approximate surface area is 168 Å². The molecule has 6 heteroatoms. The molecular weight excluding hydrogens is 354 g/mol. The first-order valence-corrected chi connectivity index (χ1v) is 10.3. The van der Waals surface area contributed by atoms with E-state index >= 15 is 0 Å². The van der Waals surface area contributed by atoms with Crippen molar-refractivity contribution < 1.29 is 14.6 Å². The van der Waals surface area contributed by atoms with Crippen LogP contribution >= 0.6 is 0 Å². The van der Waals surface area contributed by atoms with Crippen molar-refractivity contribution in [1.29, 1.82) is 0 Å². The van der Waals surface area contributed by atoms with Crippen molar-refractivity contribution in [3.05, 3.63) is 48.0 Å². The van der Waals surface area contributed by atoms with E-state index in [0.717, 1.165) is 31.0 Å². The lowest BCUT2D eigenvalue weighted by atomic mass is 9.98. The van der Waals surface area contributed by atoms with Gasteiger partial charge in [0.05, 0.1) is 18.8 Å². The van der Waals surface area contributed by atoms with Crippen LogP contribution in [0.5, 0.6) is 5.75 Å². The van der Waals surface area contributed by atoms with E-state index in [0.29, 0.717) is 25.9 Å². The van der Waals surface area contributed by atoms with Crippen LogP contribution in [0.1, 0.15) is 43.5 Å². The number of aromatic nitrogens is 2. The van der Waals surface area contributed by atoms with Crippen molar-refractivity contribution in [3.8, 4) is 5.75 Å². The van der Waals surface area contributed by atoms with Crippen molar-refractivity contribution >= 4 is 0 Å². The standard InChI is InChI=1S/C22H33N3O3/c1-24(15-19(26)16-27-20-6-4-3-5-7-20)14-18-8-10-21(11-9-18)28-17-22-23-12-13-25(22)2/h8-13,19-20,26H,3-7,14-17H2,1-2H3/t19-/m1/s1. The highest BCUT2D eigenvalue weighted by Gasteiger charge is 2.16. The number of hydrogen-bond acceptors (Lipinski definition) is 5. The minimum atomic E-state index is -0.452. The van der Waals surface area contributed by atoms with E-state index in [1.807, 2.05) is 37.0 Å². The molecule has 3 rings (SSSR count). The van der Waals surface area contributed by atoms with E-state index in [2.05, 4.69) is 22.0 Å². The molecule has 0 unspecified atom stereocenters. The Morgan fingerprint density at radius 1 is 1.21 bits per heavy atom. The predicted molar refractivity (Wildman–Crippen MR) is 109 cm³/mol. The van der Waals surface area contributed by atoms with Crippen molar-refractivity contribution in [2.45, 2.75) is 57.5 Å². The lowest BCUT2D eigenvalue weighted by Gasteiger charge is -2.25. The number of hydrogen-bond donors (Lipinski definition) is 1. The fourth-order valence-electron chi connectivity index (χ4n) is 3.64. The number of ether oxygens (including phenoxy) is 2. The van der Waals surface area contributed by atoms with Gasteiger partial charge < -0.3 is 19.1 Å². The summed E-state index contributed by atoms with van der Waals surface area (Å²) in [4.78, 5) is 6.38. The van der Waals surface area contributed by atoms with E-state index in [4.69, 9.17) is 9.47 Å². The van der Waals surface area contributed by atoms with Crippen molar-refractivity contribution in [1.82, 2.24) is 14.5 Å². The molecular formula is C22H33N3O3. The van der Waals surface area contributed by atoms with Crippen LogP contribution in [0.15, 0.2) is 36.7 Å². The van der Waals surface area contributed by atoms with Crippen LogP contribution in [0.2, 0.25) is 0 Å². The van der Waals surface area contributed by atoms with Gasteiger partial charge in [0.15, 0.2) is 0 Å². The average molecular weight is 388 g/mol. The molecule has 1 aliphatic rings. The molecule has 6 nitrogen and oxygen atoms in total. The lowest BCUT2D eigenvalue weighted by Crippen LogP contribution is -2.33. The highest BCUT2D eigenvalue weighted by molar-refractivity contribution is 5.27. The molecule has 28 heavy (non-hydrogen) atoms. The van der Waals surface area contributed by atoms with Gasteiger partial charge in [-0.3, -0.25) is 4.90 Å². The molecule has 1 heterocycles. The van der Waals surface area contributed by atoms with Gasteiger partial charge in [-0.1, -0.05) is 31.4 Å². The van der Waals surface area contributed by atoms with Crippen LogP contribution in [-0.2, 0) is 24.9 Å². The Morgan fingerprint density at radius 2 is 1.96 bits per heavy atom. The van der Waals surface area contributed by atoms with Gasteiger partial charge in [0.25, 0.3) is 0 Å². The van der Waals surface area contributed by atoms with Crippen LogP contribution in [0.25, 0.3) is 0 Å². The van der Waals surface area contributed by atoms with Gasteiger partial charge >= 0.3 is 0 Å². The first-order chi connectivity index (χ1) is 13.6. The van der Waals surface area contributed by atoms with Gasteiger partial charge in [-0.15, -0.1) is 0 Å². The summed E-state index contributed by atoms with van der Waals surface area (Å²) >= 11 is 0. The maximum atomic E-state index is 10.3. The molecule has 0 amide bonds. The molecule has 0 radical (unpaired) electrons. The van der Waals surface area contributed by atoms with Crippen LogP contribution in [0, 0.1) is 0 Å². The summed E-state index contributed by atoms with van der Waals surface area (Å²) in [5.74, 6) is 1.73. The van der Waals surface area contributed by atoms with Crippen LogP contribution < -0.4 is 4.74 Å². The molecule has 1 fully saturated rings. The number of likely N-dealkylation sites (N-methyl/N-ethyl adjacent to an activating group) is 1. The molecule has 1 aliphatic carbocycles. The van der Waals surface area contributed by atoms with Crippen LogP contribution in [-0.4, -0.2) is 52.0 Å². The predicted octanol–water partition coefficient (Wildman–Crippen LogP) is 3.14. The second-order valence-corrected chi connectivity index (χ2v) is 7.83. The Hall–Kier alpha value is -1.89. The molecule has 1 atom stereocenters. The normalized spacial score (nSPS) is 16.4. The maximum absolute atomic E-state index is 10.3. The number of aryl methyl sites for hydroxylation is 1. The average Bonchev–Trinajstić information content (AvgIpc) is 3.11. The molecule has 154 valence electrons. The Balaban J connectivity index is 1.37. The molecule has 0 aliphatic heterocycles. The SMILES string of the molecule is CN(Cc1ccc(OCc2nccn2C)cc1)C[C@@H](O)COC1CCCCC1. The second kappa shape index (κ2) is 10.6. The van der Waals surface area contributed by atoms with E-state index in [1.165, 1.54) is 24.8 Å². The topological polar surface area (TPSA) is 59.8 Å². The number of benzene rings is 1. The van der Waals surface area contributed by atoms with Crippen molar-refractivity contribution in [2.24, 2.45) is 7.05 Å². The smallest absolute Gasteiger partial charge is 0.146 e. The third-order valence-electron chi connectivity index (χ3n) is 5.26. The number of imidazole rings is 1. The van der Waals surface area contributed by atoms with Crippen LogP contribution in [0.3, 0.4) is 0 Å². The van der Waals surface area contributed by atoms with E-state index in [-0.39, 0.29) is 0 Å². The zero-order valence-corrected chi connectivity index (χ0v) is 17.1. The summed E-state index contributed by atoms with van der Waals surface area (Å²) in [5, 5.41) is 10.3. The minimum Gasteiger partial charge on any atom is -0.486 e. The zero-order chi connectivity index (χ0) is 19.8. The second-order valence-electron chi connectivity index (χ2n) is 7.83. The van der Waals surface area contributed by atoms with E-state index in [1.54, 1.807) is 6.20 Å². The molecule has 0 spiro atoms. The quantitative estimate of drug-likeness (QED) is 0.679. The summed E-state index contributed by atoms with van der Waals surface area (Å²) < 4.78 is 13.6. The summed E-state index contributed by atoms with van der Waals surface area (Å²) in [6.45, 7) is 2.26. The van der Waals surface area contributed by atoms with Gasteiger partial charge in [0.1, 0.15) is 18.2 Å². The molecule has 1 aromatic carbocycles. The zero-order valence-electron chi connectivity index (χ0n) is 17.1. The molecule has 1 saturated carbocycles. The van der Waals surface area contributed by atoms with Gasteiger partial charge in [0, 0.05) is 32.5 Å². The number of nitrogens with zero attached hydrogens (tertiary/aromatic N) is 3. The highest BCUT2D eigenvalue weighted by atomic mass is 16.5. The molecule has 1 N–H and O–H groups in total. The van der Waals surface area contributed by atoms with Crippen molar-refractivity contribution in [2.75, 3.05) is 20.2 Å². The summed E-state index contributed by atoms with van der Waals surface area (Å²) in [6.07, 6.45) is 9.66. The highest BCUT2D eigenvalue weighted by Crippen LogP contribution is 2.20. The summed E-state index contributed by atoms with van der Waals surface area (Å²) in [6, 6.07) is 8.09. The Morgan fingerprint density at radius 3 is 2.64 bits per heavy atom. The lowest BCUT2D eigenvalue weighted by molar-refractivity contribution is -0.0319. The number of aliphatic hydroxyl groups is 1. The molecule has 0 bridgehead atoms. The molecule has 1 aromatic heterocycles. The third kappa shape index (κ3) is 6.62. The maximum Gasteiger partial charge on any atom is 0.146 e. The minimum absolute atomic E-state index is 0.340. The van der Waals surface area contributed by atoms with Gasteiger partial charge in [0.2, 0.25) is 0 Å². The van der Waals surface area contributed by atoms with Gasteiger partial charge in [-0.2, -0.15) is 0 Å². The van der Waals surface area contributed by atoms with Crippen LogP contribution in [0.4, 0.5) is 0 Å². The summed E-state index contributed by atoms with van der Waals surface area (Å²) in [5.41, 5.74) is 1.19. The third-order valence-corrected chi connectivity index (χ3v) is 5.26. The fourth-order valence-corrected chi connectivity index (χ4v) is 3.64. The fraction of sp³-hybridized carbons (Fsp3) is 0.591. The summed E-state index contributed by atoms with van der Waals surface area (Å²) in [7, 11) is 3.98. The number of aliphatic hydroxyl groups excluding tert-OH is 1. The largest absolute Gasteiger partial charge is 0.486 e. The van der Waals surface area contributed by atoms with Gasteiger partial charge in [-0.05, 0) is 37.6 Å². The Bertz CT molecular complexity index is 695. The first-order valence-electron chi connectivity index (χ1n) is 10.3. The molecule has 2 aromatic rings. The number of rotatable bonds is 10. The first kappa shape index (κ1) is 20.8. The van der Waals surface area contributed by atoms with Crippen molar-refractivity contribution in [3.63, 3.8) is 0 Å². The van der Waals surface area contributed by atoms with Gasteiger partial charge in [-0.25, -0.2) is 4.98 Å². The Kier molecular flexibility index (Phi) is 7.89. The molecule has 0 saturated heterocycles. The monoisotopic (exact) mass is 387 g/mol. The van der Waals surface area contributed by atoms with E-state index < -0.39 is 6.10 Å². The van der Waals surface area contributed by atoms with E-state index in [9.17, 15) is 5.11 Å².